The van der Waals surface area contributed by atoms with Crippen LogP contribution in [-0.4, -0.2) is 6.04 Å². The minimum absolute atomic E-state index is 0.250. The smallest absolute Gasteiger partial charge is 0.103 e. The van der Waals surface area contributed by atoms with Crippen LogP contribution in [0.5, 0.6) is 0 Å². The molecule has 0 radical (unpaired) electrons. The van der Waals surface area contributed by atoms with Gasteiger partial charge in [0, 0.05) is 23.5 Å². The highest BCUT2D eigenvalue weighted by molar-refractivity contribution is 6.31. The lowest BCUT2D eigenvalue weighted by molar-refractivity contribution is 0.431. The number of nitrogens with one attached hydrogen (secondary N) is 1. The van der Waals surface area contributed by atoms with Crippen molar-refractivity contribution >= 4 is 11.6 Å². The van der Waals surface area contributed by atoms with Crippen LogP contribution in [0.2, 0.25) is 5.02 Å². The highest BCUT2D eigenvalue weighted by atomic mass is 35.5. The molecule has 2 nitrogen and oxygen atoms in total. The minimum Gasteiger partial charge on any atom is -0.469 e. The summed E-state index contributed by atoms with van der Waals surface area (Å²) >= 11 is 6.21. The topological polar surface area (TPSA) is 25.2 Å². The van der Waals surface area contributed by atoms with E-state index in [-0.39, 0.29) is 6.04 Å². The molecule has 2 rings (SSSR count). The predicted molar refractivity (Wildman–Crippen MR) is 79.5 cm³/mol. The van der Waals surface area contributed by atoms with Gasteiger partial charge in [0.2, 0.25) is 0 Å². The summed E-state index contributed by atoms with van der Waals surface area (Å²) in [7, 11) is 0. The highest BCUT2D eigenvalue weighted by Crippen LogP contribution is 2.22. The maximum absolute atomic E-state index is 6.21. The highest BCUT2D eigenvalue weighted by Gasteiger charge is 2.12. The van der Waals surface area contributed by atoms with Crippen LogP contribution in [-0.2, 0) is 6.42 Å². The fourth-order valence-electron chi connectivity index (χ4n) is 2.24. The van der Waals surface area contributed by atoms with Gasteiger partial charge < -0.3 is 9.73 Å². The molecule has 102 valence electrons. The molecule has 0 fully saturated rings. The van der Waals surface area contributed by atoms with E-state index in [1.807, 2.05) is 30.3 Å². The summed E-state index contributed by atoms with van der Waals surface area (Å²) in [6.07, 6.45) is 3.72. The van der Waals surface area contributed by atoms with Crippen molar-refractivity contribution in [3.05, 3.63) is 59.0 Å². The van der Waals surface area contributed by atoms with Gasteiger partial charge in [0.05, 0.1) is 6.26 Å². The van der Waals surface area contributed by atoms with Gasteiger partial charge in [0.1, 0.15) is 5.76 Å². The summed E-state index contributed by atoms with van der Waals surface area (Å²) in [5.41, 5.74) is 1.15. The normalized spacial score (nSPS) is 14.3. The van der Waals surface area contributed by atoms with Crippen LogP contribution in [0.25, 0.3) is 0 Å². The molecule has 19 heavy (non-hydrogen) atoms. The van der Waals surface area contributed by atoms with E-state index in [1.54, 1.807) is 6.26 Å². The summed E-state index contributed by atoms with van der Waals surface area (Å²) in [4.78, 5) is 0. The molecule has 2 unspecified atom stereocenters. The van der Waals surface area contributed by atoms with Crippen molar-refractivity contribution in [2.45, 2.75) is 38.8 Å². The SMILES string of the molecule is CC(CCc1ccco1)NC(C)c1ccccc1Cl. The van der Waals surface area contributed by atoms with Crippen LogP contribution in [0.4, 0.5) is 0 Å². The molecule has 0 aliphatic rings. The largest absolute Gasteiger partial charge is 0.469 e. The van der Waals surface area contributed by atoms with Gasteiger partial charge >= 0.3 is 0 Å². The number of aryl methyl sites for hydroxylation is 1. The Hall–Kier alpha value is -1.25. The van der Waals surface area contributed by atoms with Crippen molar-refractivity contribution in [3.63, 3.8) is 0 Å². The molecule has 0 spiro atoms. The number of furan rings is 1. The molecule has 0 saturated heterocycles. The third-order valence-electron chi connectivity index (χ3n) is 3.31. The maximum atomic E-state index is 6.21. The molecule has 0 aliphatic carbocycles. The number of benzene rings is 1. The average Bonchev–Trinajstić information content (AvgIpc) is 2.90. The third kappa shape index (κ3) is 4.12. The van der Waals surface area contributed by atoms with E-state index < -0.39 is 0 Å². The lowest BCUT2D eigenvalue weighted by Crippen LogP contribution is -2.29. The van der Waals surface area contributed by atoms with E-state index in [2.05, 4.69) is 25.2 Å². The van der Waals surface area contributed by atoms with Gasteiger partial charge in [-0.3, -0.25) is 0 Å². The lowest BCUT2D eigenvalue weighted by Gasteiger charge is -2.21. The third-order valence-corrected chi connectivity index (χ3v) is 3.65. The molecule has 1 aromatic carbocycles. The molecule has 2 aromatic rings. The Morgan fingerprint density at radius 2 is 1.95 bits per heavy atom. The van der Waals surface area contributed by atoms with Gasteiger partial charge in [-0.25, -0.2) is 0 Å². The monoisotopic (exact) mass is 277 g/mol. The van der Waals surface area contributed by atoms with E-state index in [9.17, 15) is 0 Å². The molecule has 1 N–H and O–H groups in total. The standard InChI is InChI=1S/C16H20ClNO/c1-12(9-10-14-6-5-11-19-14)18-13(2)15-7-3-4-8-16(15)17/h3-8,11-13,18H,9-10H2,1-2H3. The fourth-order valence-corrected chi connectivity index (χ4v) is 2.54. The van der Waals surface area contributed by atoms with E-state index in [0.717, 1.165) is 29.2 Å². The Kier molecular flexibility index (Phi) is 5.06. The Balaban J connectivity index is 1.85. The Morgan fingerprint density at radius 3 is 2.63 bits per heavy atom. The zero-order chi connectivity index (χ0) is 13.7. The van der Waals surface area contributed by atoms with Gasteiger partial charge in [-0.15, -0.1) is 0 Å². The van der Waals surface area contributed by atoms with Crippen molar-refractivity contribution < 1.29 is 4.42 Å². The molecule has 3 heteroatoms. The fraction of sp³-hybridized carbons (Fsp3) is 0.375. The first kappa shape index (κ1) is 14.2. The number of halogens is 1. The Bertz CT molecular complexity index is 495. The van der Waals surface area contributed by atoms with Crippen LogP contribution in [0.1, 0.15) is 37.6 Å². The van der Waals surface area contributed by atoms with Crippen molar-refractivity contribution in [2.75, 3.05) is 0 Å². The summed E-state index contributed by atoms with van der Waals surface area (Å²) < 4.78 is 5.34. The molecule has 2 atom stereocenters. The van der Waals surface area contributed by atoms with Crippen molar-refractivity contribution in [2.24, 2.45) is 0 Å². The zero-order valence-electron chi connectivity index (χ0n) is 11.4. The first-order chi connectivity index (χ1) is 9.16. The van der Waals surface area contributed by atoms with Crippen LogP contribution in [0.3, 0.4) is 0 Å². The number of rotatable bonds is 6. The second-order valence-corrected chi connectivity index (χ2v) is 5.34. The molecule has 1 aromatic heterocycles. The van der Waals surface area contributed by atoms with Crippen LogP contribution in [0.15, 0.2) is 47.1 Å². The molecule has 0 saturated carbocycles. The zero-order valence-corrected chi connectivity index (χ0v) is 12.2. The van der Waals surface area contributed by atoms with E-state index >= 15 is 0 Å². The van der Waals surface area contributed by atoms with Crippen molar-refractivity contribution in [1.82, 2.24) is 5.32 Å². The molecule has 0 aliphatic heterocycles. The minimum atomic E-state index is 0.250. The molecule has 1 heterocycles. The number of hydrogen-bond acceptors (Lipinski definition) is 2. The van der Waals surface area contributed by atoms with Crippen LogP contribution >= 0.6 is 11.6 Å². The van der Waals surface area contributed by atoms with Gasteiger partial charge in [-0.1, -0.05) is 29.8 Å². The van der Waals surface area contributed by atoms with Gasteiger partial charge in [-0.2, -0.15) is 0 Å². The summed E-state index contributed by atoms with van der Waals surface area (Å²) in [5.74, 6) is 1.04. The first-order valence-electron chi connectivity index (χ1n) is 6.69. The van der Waals surface area contributed by atoms with Crippen molar-refractivity contribution in [3.8, 4) is 0 Å². The Morgan fingerprint density at radius 1 is 1.16 bits per heavy atom. The van der Waals surface area contributed by atoms with E-state index in [4.69, 9.17) is 16.0 Å². The van der Waals surface area contributed by atoms with Gasteiger partial charge in [0.15, 0.2) is 0 Å². The molecule has 0 bridgehead atoms. The summed E-state index contributed by atoms with van der Waals surface area (Å²) in [6.45, 7) is 4.33. The predicted octanol–water partition coefficient (Wildman–Crippen LogP) is 4.60. The van der Waals surface area contributed by atoms with Gasteiger partial charge in [-0.05, 0) is 44.0 Å². The van der Waals surface area contributed by atoms with E-state index in [0.29, 0.717) is 6.04 Å². The van der Waals surface area contributed by atoms with Gasteiger partial charge in [0.25, 0.3) is 0 Å². The summed E-state index contributed by atoms with van der Waals surface area (Å²) in [6, 6.07) is 12.6. The first-order valence-corrected chi connectivity index (χ1v) is 7.07. The van der Waals surface area contributed by atoms with Crippen LogP contribution in [0, 0.1) is 0 Å². The molecular formula is C16H20ClNO. The molecule has 0 amide bonds. The second-order valence-electron chi connectivity index (χ2n) is 4.93. The lowest BCUT2D eigenvalue weighted by atomic mass is 10.1. The van der Waals surface area contributed by atoms with Crippen molar-refractivity contribution in [1.29, 1.82) is 0 Å². The summed E-state index contributed by atoms with van der Waals surface area (Å²) in [5, 5.41) is 4.39. The van der Waals surface area contributed by atoms with E-state index in [1.165, 1.54) is 0 Å². The molecular weight excluding hydrogens is 258 g/mol. The number of hydrogen-bond donors (Lipinski definition) is 1. The average molecular weight is 278 g/mol. The Labute approximate surface area is 119 Å². The second kappa shape index (κ2) is 6.78. The maximum Gasteiger partial charge on any atom is 0.103 e. The van der Waals surface area contributed by atoms with Crippen LogP contribution < -0.4 is 5.32 Å². The quantitative estimate of drug-likeness (QED) is 0.834.